The maximum atomic E-state index is 9.24. The van der Waals surface area contributed by atoms with Gasteiger partial charge < -0.3 is 5.11 Å². The van der Waals surface area contributed by atoms with Crippen LogP contribution in [0.4, 0.5) is 0 Å². The standard InChI is InChI=1S/C14H18O/c15-9-10-7-12-5-1-3-11-4-2-6-13(8-10)14(11)12/h7-8,11,15H,1-6,9H2. The monoisotopic (exact) mass is 202 g/mol. The lowest BCUT2D eigenvalue weighted by Gasteiger charge is -2.32. The lowest BCUT2D eigenvalue weighted by atomic mass is 9.73. The molecule has 15 heavy (non-hydrogen) atoms. The molecule has 0 saturated heterocycles. The largest absolute Gasteiger partial charge is 0.392 e. The van der Waals surface area contributed by atoms with Crippen LogP contribution in [0.1, 0.15) is 53.9 Å². The van der Waals surface area contributed by atoms with Crippen LogP contribution in [0.3, 0.4) is 0 Å². The molecule has 0 bridgehead atoms. The van der Waals surface area contributed by atoms with Crippen LogP contribution in [-0.4, -0.2) is 5.11 Å². The van der Waals surface area contributed by atoms with E-state index in [2.05, 4.69) is 12.1 Å². The van der Waals surface area contributed by atoms with Gasteiger partial charge in [0.1, 0.15) is 0 Å². The Balaban J connectivity index is 2.15. The number of aliphatic hydroxyl groups is 1. The first kappa shape index (κ1) is 9.41. The summed E-state index contributed by atoms with van der Waals surface area (Å²) in [5.41, 5.74) is 5.84. The molecule has 1 N–H and O–H groups in total. The van der Waals surface area contributed by atoms with Crippen molar-refractivity contribution in [3.63, 3.8) is 0 Å². The third kappa shape index (κ3) is 1.50. The molecule has 0 atom stereocenters. The number of benzene rings is 1. The highest BCUT2D eigenvalue weighted by atomic mass is 16.3. The molecule has 0 saturated carbocycles. The molecular formula is C14H18O. The van der Waals surface area contributed by atoms with Crippen LogP contribution in [0.2, 0.25) is 0 Å². The van der Waals surface area contributed by atoms with Crippen molar-refractivity contribution in [2.24, 2.45) is 0 Å². The van der Waals surface area contributed by atoms with E-state index < -0.39 is 0 Å². The highest BCUT2D eigenvalue weighted by Gasteiger charge is 2.26. The van der Waals surface area contributed by atoms with E-state index in [1.807, 2.05) is 0 Å². The van der Waals surface area contributed by atoms with Crippen molar-refractivity contribution in [3.05, 3.63) is 34.4 Å². The molecule has 0 spiro atoms. The van der Waals surface area contributed by atoms with Gasteiger partial charge in [-0.2, -0.15) is 0 Å². The quantitative estimate of drug-likeness (QED) is 0.742. The Hall–Kier alpha value is -0.820. The Labute approximate surface area is 91.1 Å². The van der Waals surface area contributed by atoms with Gasteiger partial charge >= 0.3 is 0 Å². The lowest BCUT2D eigenvalue weighted by molar-refractivity contribution is 0.281. The van der Waals surface area contributed by atoms with Gasteiger partial charge in [-0.3, -0.25) is 0 Å². The van der Waals surface area contributed by atoms with E-state index in [1.165, 1.54) is 49.7 Å². The van der Waals surface area contributed by atoms with Gasteiger partial charge in [0.2, 0.25) is 0 Å². The SMILES string of the molecule is OCc1cc2c3c(c1)CCCC3CCC2. The summed E-state index contributed by atoms with van der Waals surface area (Å²) in [4.78, 5) is 0. The molecule has 1 nitrogen and oxygen atoms in total. The van der Waals surface area contributed by atoms with Crippen molar-refractivity contribution in [1.29, 1.82) is 0 Å². The second-order valence-electron chi connectivity index (χ2n) is 4.97. The van der Waals surface area contributed by atoms with E-state index in [0.717, 1.165) is 11.5 Å². The molecule has 0 unspecified atom stereocenters. The summed E-state index contributed by atoms with van der Waals surface area (Å²) in [7, 11) is 0. The molecule has 0 radical (unpaired) electrons. The summed E-state index contributed by atoms with van der Waals surface area (Å²) in [6.07, 6.45) is 7.91. The van der Waals surface area contributed by atoms with Gasteiger partial charge in [0, 0.05) is 0 Å². The topological polar surface area (TPSA) is 20.2 Å². The molecule has 0 amide bonds. The minimum Gasteiger partial charge on any atom is -0.392 e. The number of aryl methyl sites for hydroxylation is 2. The second-order valence-corrected chi connectivity index (χ2v) is 4.97. The fraction of sp³-hybridized carbons (Fsp3) is 0.571. The number of rotatable bonds is 1. The van der Waals surface area contributed by atoms with Crippen LogP contribution in [0.25, 0.3) is 0 Å². The first-order chi connectivity index (χ1) is 7.38. The summed E-state index contributed by atoms with van der Waals surface area (Å²) >= 11 is 0. The number of hydrogen-bond donors (Lipinski definition) is 1. The predicted octanol–water partition coefficient (Wildman–Crippen LogP) is 2.94. The average molecular weight is 202 g/mol. The molecule has 1 aromatic rings. The zero-order valence-corrected chi connectivity index (χ0v) is 9.13. The van der Waals surface area contributed by atoms with Crippen LogP contribution < -0.4 is 0 Å². The molecule has 80 valence electrons. The van der Waals surface area contributed by atoms with Gasteiger partial charge in [-0.25, -0.2) is 0 Å². The molecule has 0 fully saturated rings. The smallest absolute Gasteiger partial charge is 0.0682 e. The van der Waals surface area contributed by atoms with E-state index in [0.29, 0.717) is 0 Å². The van der Waals surface area contributed by atoms with E-state index >= 15 is 0 Å². The summed E-state index contributed by atoms with van der Waals surface area (Å²) < 4.78 is 0. The highest BCUT2D eigenvalue weighted by molar-refractivity contribution is 5.44. The maximum Gasteiger partial charge on any atom is 0.0682 e. The van der Waals surface area contributed by atoms with Crippen LogP contribution in [-0.2, 0) is 19.4 Å². The van der Waals surface area contributed by atoms with Crippen LogP contribution in [0.15, 0.2) is 12.1 Å². The Kier molecular flexibility index (Phi) is 2.28. The summed E-state index contributed by atoms with van der Waals surface area (Å²) in [6, 6.07) is 4.46. The zero-order valence-electron chi connectivity index (χ0n) is 9.13. The molecule has 1 heteroatoms. The fourth-order valence-corrected chi connectivity index (χ4v) is 3.39. The third-order valence-electron chi connectivity index (χ3n) is 4.00. The molecule has 3 rings (SSSR count). The zero-order chi connectivity index (χ0) is 10.3. The van der Waals surface area contributed by atoms with Gasteiger partial charge in [-0.1, -0.05) is 12.1 Å². The first-order valence-corrected chi connectivity index (χ1v) is 6.14. The van der Waals surface area contributed by atoms with E-state index in [1.54, 1.807) is 5.56 Å². The second kappa shape index (κ2) is 3.64. The molecule has 1 aromatic carbocycles. The Morgan fingerprint density at radius 3 is 2.20 bits per heavy atom. The maximum absolute atomic E-state index is 9.24. The van der Waals surface area contributed by atoms with Gasteiger partial charge in [-0.05, 0) is 66.7 Å². The van der Waals surface area contributed by atoms with Crippen molar-refractivity contribution >= 4 is 0 Å². The van der Waals surface area contributed by atoms with Crippen molar-refractivity contribution in [2.45, 2.75) is 51.0 Å². The Bertz CT molecular complexity index is 350. The fourth-order valence-electron chi connectivity index (χ4n) is 3.39. The molecule has 2 aliphatic rings. The van der Waals surface area contributed by atoms with E-state index in [4.69, 9.17) is 0 Å². The summed E-state index contributed by atoms with van der Waals surface area (Å²) in [5, 5.41) is 9.24. The Morgan fingerprint density at radius 2 is 1.67 bits per heavy atom. The third-order valence-corrected chi connectivity index (χ3v) is 4.00. The van der Waals surface area contributed by atoms with Crippen LogP contribution in [0.5, 0.6) is 0 Å². The van der Waals surface area contributed by atoms with Crippen molar-refractivity contribution < 1.29 is 5.11 Å². The molecular weight excluding hydrogens is 184 g/mol. The van der Waals surface area contributed by atoms with Crippen molar-refractivity contribution in [2.75, 3.05) is 0 Å². The van der Waals surface area contributed by atoms with Gasteiger partial charge in [-0.15, -0.1) is 0 Å². The summed E-state index contributed by atoms with van der Waals surface area (Å²) in [6.45, 7) is 0.199. The van der Waals surface area contributed by atoms with E-state index in [9.17, 15) is 5.11 Å². The van der Waals surface area contributed by atoms with Crippen molar-refractivity contribution in [3.8, 4) is 0 Å². The molecule has 0 aromatic heterocycles. The van der Waals surface area contributed by atoms with Gasteiger partial charge in [0.15, 0.2) is 0 Å². The van der Waals surface area contributed by atoms with Crippen LogP contribution in [0, 0.1) is 0 Å². The number of hydrogen-bond acceptors (Lipinski definition) is 1. The molecule has 2 aliphatic carbocycles. The molecule has 0 heterocycles. The van der Waals surface area contributed by atoms with Gasteiger partial charge in [0.05, 0.1) is 6.61 Å². The predicted molar refractivity (Wildman–Crippen MR) is 61.0 cm³/mol. The average Bonchev–Trinajstić information content (AvgIpc) is 2.29. The van der Waals surface area contributed by atoms with E-state index in [-0.39, 0.29) is 6.61 Å². The first-order valence-electron chi connectivity index (χ1n) is 6.14. The minimum absolute atomic E-state index is 0.199. The normalized spacial score (nSPS) is 20.1. The summed E-state index contributed by atoms with van der Waals surface area (Å²) in [5.74, 6) is 0.838. The minimum atomic E-state index is 0.199. The number of aliphatic hydroxyl groups excluding tert-OH is 1. The Morgan fingerprint density at radius 1 is 1.07 bits per heavy atom. The highest BCUT2D eigenvalue weighted by Crippen LogP contribution is 2.41. The van der Waals surface area contributed by atoms with Gasteiger partial charge in [0.25, 0.3) is 0 Å². The van der Waals surface area contributed by atoms with Crippen LogP contribution >= 0.6 is 0 Å². The lowest BCUT2D eigenvalue weighted by Crippen LogP contribution is -2.17. The van der Waals surface area contributed by atoms with Crippen molar-refractivity contribution in [1.82, 2.24) is 0 Å². The molecule has 0 aliphatic heterocycles.